The quantitative estimate of drug-likeness (QED) is 0.586. The monoisotopic (exact) mass is 235 g/mol. The SMILES string of the molecule is CCC(C)N(Nc1ccc(N)cc1)C(C)CC. The fourth-order valence-electron chi connectivity index (χ4n) is 1.75. The van der Waals surface area contributed by atoms with Gasteiger partial charge in [-0.1, -0.05) is 13.8 Å². The highest BCUT2D eigenvalue weighted by molar-refractivity contribution is 5.50. The van der Waals surface area contributed by atoms with Gasteiger partial charge in [-0.2, -0.15) is 0 Å². The van der Waals surface area contributed by atoms with Gasteiger partial charge in [0.05, 0.1) is 0 Å². The standard InChI is InChI=1S/C14H25N3/c1-5-11(3)17(12(4)6-2)16-14-9-7-13(15)8-10-14/h7-12,16H,5-6,15H2,1-4H3. The van der Waals surface area contributed by atoms with E-state index in [4.69, 9.17) is 5.73 Å². The van der Waals surface area contributed by atoms with Crippen molar-refractivity contribution in [1.82, 2.24) is 5.01 Å². The van der Waals surface area contributed by atoms with Gasteiger partial charge in [-0.15, -0.1) is 0 Å². The van der Waals surface area contributed by atoms with Crippen molar-refractivity contribution < 1.29 is 0 Å². The Kier molecular flexibility index (Phi) is 5.29. The molecule has 2 atom stereocenters. The number of hydrogen-bond acceptors (Lipinski definition) is 3. The molecule has 0 saturated carbocycles. The number of hydrazine groups is 1. The van der Waals surface area contributed by atoms with Crippen LogP contribution in [0.1, 0.15) is 40.5 Å². The van der Waals surface area contributed by atoms with Crippen LogP contribution >= 0.6 is 0 Å². The van der Waals surface area contributed by atoms with Crippen LogP contribution in [0.2, 0.25) is 0 Å². The van der Waals surface area contributed by atoms with E-state index in [0.717, 1.165) is 24.2 Å². The molecular formula is C14H25N3. The summed E-state index contributed by atoms with van der Waals surface area (Å²) in [5, 5.41) is 2.32. The van der Waals surface area contributed by atoms with Gasteiger partial charge in [-0.25, -0.2) is 5.01 Å². The van der Waals surface area contributed by atoms with Crippen LogP contribution in [0.25, 0.3) is 0 Å². The van der Waals surface area contributed by atoms with Crippen molar-refractivity contribution in [2.24, 2.45) is 0 Å². The van der Waals surface area contributed by atoms with E-state index in [0.29, 0.717) is 12.1 Å². The second kappa shape index (κ2) is 6.50. The maximum atomic E-state index is 5.69. The van der Waals surface area contributed by atoms with Crippen molar-refractivity contribution in [3.8, 4) is 0 Å². The number of nitrogens with two attached hydrogens (primary N) is 1. The van der Waals surface area contributed by atoms with Crippen LogP contribution in [0.4, 0.5) is 11.4 Å². The number of nitrogens with zero attached hydrogens (tertiary/aromatic N) is 1. The average Bonchev–Trinajstić information content (AvgIpc) is 2.36. The van der Waals surface area contributed by atoms with Gasteiger partial charge in [0.15, 0.2) is 0 Å². The van der Waals surface area contributed by atoms with Crippen molar-refractivity contribution in [2.75, 3.05) is 11.2 Å². The molecule has 3 N–H and O–H groups in total. The number of nitrogens with one attached hydrogen (secondary N) is 1. The summed E-state index contributed by atoms with van der Waals surface area (Å²) in [6, 6.07) is 8.92. The molecule has 1 rings (SSSR count). The number of hydrogen-bond donors (Lipinski definition) is 2. The number of anilines is 2. The summed E-state index contributed by atoms with van der Waals surface area (Å²) in [4.78, 5) is 0. The molecule has 0 radical (unpaired) electrons. The lowest BCUT2D eigenvalue weighted by atomic mass is 10.1. The smallest absolute Gasteiger partial charge is 0.0491 e. The number of rotatable bonds is 6. The Hall–Kier alpha value is -1.22. The van der Waals surface area contributed by atoms with Crippen LogP contribution < -0.4 is 11.2 Å². The van der Waals surface area contributed by atoms with E-state index in [1.54, 1.807) is 0 Å². The molecule has 0 aliphatic carbocycles. The molecule has 96 valence electrons. The molecular weight excluding hydrogens is 210 g/mol. The summed E-state index contributed by atoms with van der Waals surface area (Å²) in [7, 11) is 0. The fourth-order valence-corrected chi connectivity index (χ4v) is 1.75. The molecule has 3 heteroatoms. The van der Waals surface area contributed by atoms with Crippen LogP contribution in [0.15, 0.2) is 24.3 Å². The largest absolute Gasteiger partial charge is 0.399 e. The molecule has 0 heterocycles. The lowest BCUT2D eigenvalue weighted by Crippen LogP contribution is -2.43. The number of nitrogen functional groups attached to an aromatic ring is 1. The molecule has 0 aliphatic rings. The van der Waals surface area contributed by atoms with E-state index in [2.05, 4.69) is 38.1 Å². The highest BCUT2D eigenvalue weighted by Crippen LogP contribution is 2.16. The lowest BCUT2D eigenvalue weighted by molar-refractivity contribution is 0.184. The summed E-state index contributed by atoms with van der Waals surface area (Å²) in [5.41, 5.74) is 11.1. The summed E-state index contributed by atoms with van der Waals surface area (Å²) >= 11 is 0. The molecule has 0 aliphatic heterocycles. The van der Waals surface area contributed by atoms with Crippen molar-refractivity contribution in [2.45, 2.75) is 52.6 Å². The van der Waals surface area contributed by atoms with Crippen molar-refractivity contribution in [1.29, 1.82) is 0 Å². The fraction of sp³-hybridized carbons (Fsp3) is 0.571. The molecule has 0 amide bonds. The van der Waals surface area contributed by atoms with E-state index < -0.39 is 0 Å². The summed E-state index contributed by atoms with van der Waals surface area (Å²) in [5.74, 6) is 0. The molecule has 0 aromatic heterocycles. The van der Waals surface area contributed by atoms with Crippen LogP contribution in [-0.2, 0) is 0 Å². The normalized spacial score (nSPS) is 14.6. The Balaban J connectivity index is 2.75. The van der Waals surface area contributed by atoms with Gasteiger partial charge < -0.3 is 11.2 Å². The minimum Gasteiger partial charge on any atom is -0.399 e. The molecule has 17 heavy (non-hydrogen) atoms. The first-order valence-electron chi connectivity index (χ1n) is 6.49. The third-order valence-electron chi connectivity index (χ3n) is 3.30. The lowest BCUT2D eigenvalue weighted by Gasteiger charge is -2.34. The van der Waals surface area contributed by atoms with Crippen molar-refractivity contribution in [3.63, 3.8) is 0 Å². The first-order valence-corrected chi connectivity index (χ1v) is 6.49. The van der Waals surface area contributed by atoms with E-state index in [1.165, 1.54) is 0 Å². The van der Waals surface area contributed by atoms with E-state index >= 15 is 0 Å². The zero-order valence-corrected chi connectivity index (χ0v) is 11.4. The Morgan fingerprint density at radius 2 is 1.53 bits per heavy atom. The average molecular weight is 235 g/mol. The third-order valence-corrected chi connectivity index (χ3v) is 3.30. The van der Waals surface area contributed by atoms with Gasteiger partial charge in [0.25, 0.3) is 0 Å². The maximum absolute atomic E-state index is 5.69. The number of benzene rings is 1. The van der Waals surface area contributed by atoms with Gasteiger partial charge in [0.2, 0.25) is 0 Å². The highest BCUT2D eigenvalue weighted by Gasteiger charge is 2.17. The van der Waals surface area contributed by atoms with Crippen molar-refractivity contribution in [3.05, 3.63) is 24.3 Å². The molecule has 1 aromatic carbocycles. The molecule has 2 unspecified atom stereocenters. The first kappa shape index (κ1) is 13.8. The Bertz CT molecular complexity index is 311. The van der Waals surface area contributed by atoms with Crippen LogP contribution in [0, 0.1) is 0 Å². The van der Waals surface area contributed by atoms with Crippen molar-refractivity contribution >= 4 is 11.4 Å². The van der Waals surface area contributed by atoms with Crippen LogP contribution in [-0.4, -0.2) is 17.1 Å². The highest BCUT2D eigenvalue weighted by atomic mass is 15.5. The van der Waals surface area contributed by atoms with Gasteiger partial charge in [-0.3, -0.25) is 0 Å². The topological polar surface area (TPSA) is 41.3 Å². The second-order valence-corrected chi connectivity index (χ2v) is 4.66. The molecule has 0 spiro atoms. The zero-order chi connectivity index (χ0) is 12.8. The maximum Gasteiger partial charge on any atom is 0.0491 e. The molecule has 0 fully saturated rings. The van der Waals surface area contributed by atoms with Crippen LogP contribution in [0.3, 0.4) is 0 Å². The van der Waals surface area contributed by atoms with Crippen LogP contribution in [0.5, 0.6) is 0 Å². The van der Waals surface area contributed by atoms with Gasteiger partial charge in [-0.05, 0) is 51.0 Å². The summed E-state index contributed by atoms with van der Waals surface area (Å²) in [6.45, 7) is 8.92. The second-order valence-electron chi connectivity index (χ2n) is 4.66. The first-order chi connectivity index (χ1) is 8.08. The predicted molar refractivity (Wildman–Crippen MR) is 75.8 cm³/mol. The molecule has 1 aromatic rings. The zero-order valence-electron chi connectivity index (χ0n) is 11.4. The Labute approximate surface area is 105 Å². The Morgan fingerprint density at radius 1 is 1.06 bits per heavy atom. The van der Waals surface area contributed by atoms with Gasteiger partial charge in [0.1, 0.15) is 0 Å². The molecule has 3 nitrogen and oxygen atoms in total. The Morgan fingerprint density at radius 3 is 1.94 bits per heavy atom. The minimum absolute atomic E-state index is 0.516. The van der Waals surface area contributed by atoms with E-state index in [1.807, 2.05) is 24.3 Å². The predicted octanol–water partition coefficient (Wildman–Crippen LogP) is 3.49. The van der Waals surface area contributed by atoms with E-state index in [9.17, 15) is 0 Å². The van der Waals surface area contributed by atoms with Gasteiger partial charge >= 0.3 is 0 Å². The van der Waals surface area contributed by atoms with E-state index in [-0.39, 0.29) is 0 Å². The summed E-state index contributed by atoms with van der Waals surface area (Å²) < 4.78 is 0. The van der Waals surface area contributed by atoms with Gasteiger partial charge in [0, 0.05) is 23.5 Å². The third kappa shape index (κ3) is 3.93. The molecule has 0 bridgehead atoms. The minimum atomic E-state index is 0.516. The molecule has 0 saturated heterocycles. The summed E-state index contributed by atoms with van der Waals surface area (Å²) in [6.07, 6.45) is 2.26.